The third kappa shape index (κ3) is 5.53. The molecule has 0 saturated carbocycles. The molecule has 0 aliphatic heterocycles. The number of aliphatic carboxylic acids is 1. The Labute approximate surface area is 171 Å². The number of halogens is 1. The van der Waals surface area contributed by atoms with Crippen LogP contribution in [0, 0.1) is 0 Å². The van der Waals surface area contributed by atoms with Gasteiger partial charge in [0.05, 0.1) is 23.5 Å². The predicted molar refractivity (Wildman–Crippen MR) is 109 cm³/mol. The fraction of sp³-hybridized carbons (Fsp3) is 0.200. The quantitative estimate of drug-likeness (QED) is 0.493. The molecule has 6 nitrogen and oxygen atoms in total. The number of esters is 1. The van der Waals surface area contributed by atoms with Crippen LogP contribution in [-0.2, 0) is 24.2 Å². The Balaban J connectivity index is 2.75. The molecule has 28 heavy (non-hydrogen) atoms. The second-order valence-electron chi connectivity index (χ2n) is 5.95. The second-order valence-corrected chi connectivity index (χ2v) is 8.88. The van der Waals surface area contributed by atoms with E-state index in [0.29, 0.717) is 16.7 Å². The molecular weight excluding hydrogens is 448 g/mol. The number of carbonyl (C=O) groups is 2. The van der Waals surface area contributed by atoms with Crippen LogP contribution in [0.15, 0.2) is 63.5 Å². The van der Waals surface area contributed by atoms with E-state index in [9.17, 15) is 23.1 Å². The maximum atomic E-state index is 12.5. The van der Waals surface area contributed by atoms with Gasteiger partial charge in [-0.2, -0.15) is 0 Å². The number of carboxylic acid groups (broad SMARTS) is 1. The molecule has 0 fully saturated rings. The van der Waals surface area contributed by atoms with Gasteiger partial charge in [-0.1, -0.05) is 40.2 Å². The lowest BCUT2D eigenvalue weighted by Gasteiger charge is -2.15. The largest absolute Gasteiger partial charge is 0.481 e. The van der Waals surface area contributed by atoms with Gasteiger partial charge in [0.2, 0.25) is 0 Å². The molecule has 0 saturated heterocycles. The van der Waals surface area contributed by atoms with Crippen LogP contribution >= 0.6 is 15.9 Å². The first-order valence-electron chi connectivity index (χ1n) is 8.32. The van der Waals surface area contributed by atoms with Crippen molar-refractivity contribution in [2.24, 2.45) is 0 Å². The van der Waals surface area contributed by atoms with Crippen molar-refractivity contribution in [1.29, 1.82) is 0 Å². The van der Waals surface area contributed by atoms with Crippen molar-refractivity contribution in [3.63, 3.8) is 0 Å². The normalized spacial score (nSPS) is 12.2. The SMILES string of the molecule is CCOC(=O)/C(CC(=O)O)=C(/c1ccc(Br)cc1)c1ccc(S(C)(=O)=O)cc1. The molecule has 0 aromatic heterocycles. The number of carbonyl (C=O) groups excluding carboxylic acids is 1. The molecule has 2 rings (SSSR count). The van der Waals surface area contributed by atoms with Crippen LogP contribution in [0.4, 0.5) is 0 Å². The zero-order valence-electron chi connectivity index (χ0n) is 15.3. The number of rotatable bonds is 7. The zero-order valence-corrected chi connectivity index (χ0v) is 17.7. The van der Waals surface area contributed by atoms with E-state index in [1.165, 1.54) is 12.1 Å². The van der Waals surface area contributed by atoms with E-state index < -0.39 is 28.2 Å². The Kier molecular flexibility index (Phi) is 7.15. The Morgan fingerprint density at radius 3 is 1.93 bits per heavy atom. The first-order valence-corrected chi connectivity index (χ1v) is 11.0. The average molecular weight is 467 g/mol. The van der Waals surface area contributed by atoms with Crippen molar-refractivity contribution in [1.82, 2.24) is 0 Å². The highest BCUT2D eigenvalue weighted by atomic mass is 79.9. The van der Waals surface area contributed by atoms with Crippen LogP contribution in [-0.4, -0.2) is 38.3 Å². The molecule has 0 bridgehead atoms. The van der Waals surface area contributed by atoms with E-state index in [0.717, 1.165) is 10.7 Å². The minimum Gasteiger partial charge on any atom is -0.481 e. The lowest BCUT2D eigenvalue weighted by molar-refractivity contribution is -0.142. The summed E-state index contributed by atoms with van der Waals surface area (Å²) in [6, 6.07) is 13.0. The molecule has 2 aromatic carbocycles. The topological polar surface area (TPSA) is 97.7 Å². The number of benzene rings is 2. The van der Waals surface area contributed by atoms with Crippen LogP contribution in [0.5, 0.6) is 0 Å². The molecule has 0 radical (unpaired) electrons. The molecular formula is C20H19BrO6S. The van der Waals surface area contributed by atoms with Gasteiger partial charge in [0.1, 0.15) is 0 Å². The number of ether oxygens (including phenoxy) is 1. The summed E-state index contributed by atoms with van der Waals surface area (Å²) >= 11 is 3.34. The summed E-state index contributed by atoms with van der Waals surface area (Å²) < 4.78 is 29.3. The first kappa shape index (κ1) is 21.8. The maximum Gasteiger partial charge on any atom is 0.335 e. The maximum absolute atomic E-state index is 12.5. The van der Waals surface area contributed by atoms with E-state index in [2.05, 4.69) is 15.9 Å². The van der Waals surface area contributed by atoms with Gasteiger partial charge in [0, 0.05) is 10.7 Å². The van der Waals surface area contributed by atoms with Crippen molar-refractivity contribution < 1.29 is 27.9 Å². The van der Waals surface area contributed by atoms with Gasteiger partial charge in [0.15, 0.2) is 9.84 Å². The van der Waals surface area contributed by atoms with Crippen molar-refractivity contribution in [3.8, 4) is 0 Å². The monoisotopic (exact) mass is 466 g/mol. The van der Waals surface area contributed by atoms with Gasteiger partial charge in [-0.3, -0.25) is 4.79 Å². The van der Waals surface area contributed by atoms with Gasteiger partial charge in [-0.05, 0) is 47.9 Å². The zero-order chi connectivity index (χ0) is 20.9. The molecule has 0 amide bonds. The van der Waals surface area contributed by atoms with E-state index in [4.69, 9.17) is 4.74 Å². The van der Waals surface area contributed by atoms with Crippen LogP contribution in [0.25, 0.3) is 5.57 Å². The van der Waals surface area contributed by atoms with Crippen LogP contribution in [0.2, 0.25) is 0 Å². The van der Waals surface area contributed by atoms with Crippen molar-refractivity contribution in [2.75, 3.05) is 12.9 Å². The summed E-state index contributed by atoms with van der Waals surface area (Å²) in [4.78, 5) is 24.0. The molecule has 2 aromatic rings. The summed E-state index contributed by atoms with van der Waals surface area (Å²) in [5.74, 6) is -1.90. The Morgan fingerprint density at radius 2 is 1.50 bits per heavy atom. The van der Waals surface area contributed by atoms with Gasteiger partial charge >= 0.3 is 11.9 Å². The molecule has 0 unspecified atom stereocenters. The minimum absolute atomic E-state index is 0.0104. The minimum atomic E-state index is -3.39. The van der Waals surface area contributed by atoms with E-state index >= 15 is 0 Å². The van der Waals surface area contributed by atoms with E-state index in [1.807, 2.05) is 0 Å². The molecule has 0 heterocycles. The second kappa shape index (κ2) is 9.16. The molecule has 0 aliphatic carbocycles. The molecule has 0 spiro atoms. The highest BCUT2D eigenvalue weighted by Crippen LogP contribution is 2.31. The van der Waals surface area contributed by atoms with Crippen LogP contribution in [0.1, 0.15) is 24.5 Å². The fourth-order valence-corrected chi connectivity index (χ4v) is 3.53. The highest BCUT2D eigenvalue weighted by Gasteiger charge is 2.22. The van der Waals surface area contributed by atoms with Gasteiger partial charge in [-0.25, -0.2) is 13.2 Å². The summed E-state index contributed by atoms with van der Waals surface area (Å²) in [6.45, 7) is 1.74. The summed E-state index contributed by atoms with van der Waals surface area (Å²) in [5, 5.41) is 9.31. The van der Waals surface area contributed by atoms with Gasteiger partial charge < -0.3 is 9.84 Å². The lowest BCUT2D eigenvalue weighted by atomic mass is 9.91. The molecule has 0 atom stereocenters. The van der Waals surface area contributed by atoms with Crippen LogP contribution < -0.4 is 0 Å². The van der Waals surface area contributed by atoms with Gasteiger partial charge in [0.25, 0.3) is 0 Å². The summed E-state index contributed by atoms with van der Waals surface area (Å²) in [7, 11) is -3.39. The first-order chi connectivity index (χ1) is 13.1. The summed E-state index contributed by atoms with van der Waals surface area (Å²) in [6.07, 6.45) is 0.569. The lowest BCUT2D eigenvalue weighted by Crippen LogP contribution is -2.14. The van der Waals surface area contributed by atoms with E-state index in [-0.39, 0.29) is 17.1 Å². The average Bonchev–Trinajstić information content (AvgIpc) is 2.62. The molecule has 148 valence electrons. The standard InChI is InChI=1S/C20H19BrO6S/c1-3-27-20(24)17(12-18(22)23)19(13-4-8-15(21)9-5-13)14-6-10-16(11-7-14)28(2,25)26/h4-11H,3,12H2,1-2H3,(H,22,23)/b19-17-. The number of carboxylic acids is 1. The third-order valence-corrected chi connectivity index (χ3v) is 5.51. The van der Waals surface area contributed by atoms with E-state index in [1.54, 1.807) is 43.3 Å². The van der Waals surface area contributed by atoms with Crippen molar-refractivity contribution >= 4 is 43.3 Å². The Morgan fingerprint density at radius 1 is 1.00 bits per heavy atom. The van der Waals surface area contributed by atoms with Crippen molar-refractivity contribution in [3.05, 3.63) is 69.7 Å². The summed E-state index contributed by atoms with van der Waals surface area (Å²) in [5.41, 5.74) is 1.50. The Hall–Kier alpha value is -2.45. The van der Waals surface area contributed by atoms with Crippen LogP contribution in [0.3, 0.4) is 0 Å². The highest BCUT2D eigenvalue weighted by molar-refractivity contribution is 9.10. The number of hydrogen-bond acceptors (Lipinski definition) is 5. The molecule has 1 N–H and O–H groups in total. The van der Waals surface area contributed by atoms with Gasteiger partial charge in [-0.15, -0.1) is 0 Å². The molecule has 8 heteroatoms. The number of sulfone groups is 1. The Bertz CT molecular complexity index is 1010. The third-order valence-electron chi connectivity index (χ3n) is 3.86. The van der Waals surface area contributed by atoms with Crippen molar-refractivity contribution in [2.45, 2.75) is 18.2 Å². The number of hydrogen-bond donors (Lipinski definition) is 1. The fourth-order valence-electron chi connectivity index (χ4n) is 2.63. The smallest absolute Gasteiger partial charge is 0.335 e. The predicted octanol–water partition coefficient (Wildman–Crippen LogP) is 3.69. The molecule has 0 aliphatic rings.